The van der Waals surface area contributed by atoms with E-state index < -0.39 is 12.1 Å². The van der Waals surface area contributed by atoms with Gasteiger partial charge in [0, 0.05) is 6.42 Å². The summed E-state index contributed by atoms with van der Waals surface area (Å²) in [6, 6.07) is -0.542. The number of carbonyl (C=O) groups is 1. The minimum atomic E-state index is -0.664. The van der Waals surface area contributed by atoms with Crippen LogP contribution in [0.2, 0.25) is 0 Å². The first kappa shape index (κ1) is 51.9. The lowest BCUT2D eigenvalue weighted by Gasteiger charge is -2.22. The van der Waals surface area contributed by atoms with E-state index in [-0.39, 0.29) is 12.5 Å². The molecule has 2 atom stereocenters. The van der Waals surface area contributed by atoms with Crippen molar-refractivity contribution in [2.75, 3.05) is 6.61 Å². The highest BCUT2D eigenvalue weighted by Crippen LogP contribution is 2.17. The molecule has 0 radical (unpaired) electrons. The summed E-state index contributed by atoms with van der Waals surface area (Å²) in [5.41, 5.74) is 0. The lowest BCUT2D eigenvalue weighted by Crippen LogP contribution is -2.45. The molecule has 4 nitrogen and oxygen atoms in total. The van der Waals surface area contributed by atoms with Crippen LogP contribution in [0.3, 0.4) is 0 Å². The van der Waals surface area contributed by atoms with Gasteiger partial charge in [-0.25, -0.2) is 0 Å². The normalized spacial score (nSPS) is 13.1. The van der Waals surface area contributed by atoms with Crippen LogP contribution >= 0.6 is 0 Å². The van der Waals surface area contributed by atoms with E-state index >= 15 is 0 Å². The molecule has 0 rings (SSSR count). The fourth-order valence-corrected chi connectivity index (χ4v) is 7.50. The summed E-state index contributed by atoms with van der Waals surface area (Å²) >= 11 is 0. The van der Waals surface area contributed by atoms with Crippen molar-refractivity contribution in [3.8, 4) is 0 Å². The third kappa shape index (κ3) is 41.9. The first-order valence-electron chi connectivity index (χ1n) is 24.0. The average molecular weight is 746 g/mol. The Morgan fingerprint density at radius 2 is 0.792 bits per heavy atom. The van der Waals surface area contributed by atoms with E-state index in [1.807, 2.05) is 0 Å². The summed E-state index contributed by atoms with van der Waals surface area (Å²) in [5.74, 6) is -0.0433. The van der Waals surface area contributed by atoms with Crippen LogP contribution in [0.1, 0.15) is 264 Å². The van der Waals surface area contributed by atoms with Crippen LogP contribution in [0.4, 0.5) is 0 Å². The number of carbonyl (C=O) groups excluding carboxylic acids is 1. The quantitative estimate of drug-likeness (QED) is 0.0430. The molecule has 0 aromatic rings. The predicted octanol–water partition coefficient (Wildman–Crippen LogP) is 15.2. The van der Waals surface area contributed by atoms with Crippen molar-refractivity contribution in [1.82, 2.24) is 5.32 Å². The zero-order valence-electron chi connectivity index (χ0n) is 36.1. The monoisotopic (exact) mass is 746 g/mol. The smallest absolute Gasteiger partial charge is 0.220 e. The van der Waals surface area contributed by atoms with E-state index in [1.54, 1.807) is 0 Å². The highest BCUT2D eigenvalue weighted by Gasteiger charge is 2.20. The van der Waals surface area contributed by atoms with Crippen molar-refractivity contribution in [2.24, 2.45) is 0 Å². The van der Waals surface area contributed by atoms with Crippen LogP contribution in [-0.2, 0) is 4.79 Å². The first-order valence-corrected chi connectivity index (χ1v) is 24.0. The van der Waals surface area contributed by atoms with E-state index in [0.29, 0.717) is 12.8 Å². The zero-order chi connectivity index (χ0) is 38.6. The second kappa shape index (κ2) is 45.3. The minimum Gasteiger partial charge on any atom is -0.394 e. The summed E-state index contributed by atoms with van der Waals surface area (Å²) in [6.07, 6.45) is 58.5. The number of unbranched alkanes of at least 4 members (excludes halogenated alkanes) is 33. The molecule has 0 aliphatic carbocycles. The molecule has 0 bridgehead atoms. The van der Waals surface area contributed by atoms with Gasteiger partial charge < -0.3 is 15.5 Å². The molecule has 0 saturated heterocycles. The Kier molecular flexibility index (Phi) is 44.3. The SMILES string of the molecule is CCCC/C=C\C/C=C\CCCCCCCC(=O)NC(CO)C(O)CCCCCCCCCCCCCCCCCCCCCCCCCCCCC. The second-order valence-electron chi connectivity index (χ2n) is 16.5. The molecule has 0 saturated carbocycles. The van der Waals surface area contributed by atoms with Crippen LogP contribution in [-0.4, -0.2) is 34.9 Å². The molecular formula is C49H95NO3. The number of amides is 1. The van der Waals surface area contributed by atoms with E-state index in [0.717, 1.165) is 44.9 Å². The van der Waals surface area contributed by atoms with Gasteiger partial charge in [-0.05, 0) is 38.5 Å². The van der Waals surface area contributed by atoms with Crippen molar-refractivity contribution in [2.45, 2.75) is 276 Å². The van der Waals surface area contributed by atoms with Crippen LogP contribution in [0.25, 0.3) is 0 Å². The van der Waals surface area contributed by atoms with Gasteiger partial charge in [-0.3, -0.25) is 4.79 Å². The van der Waals surface area contributed by atoms with Gasteiger partial charge in [0.25, 0.3) is 0 Å². The van der Waals surface area contributed by atoms with Gasteiger partial charge in [0.15, 0.2) is 0 Å². The van der Waals surface area contributed by atoms with E-state index in [2.05, 4.69) is 43.5 Å². The second-order valence-corrected chi connectivity index (χ2v) is 16.5. The molecule has 53 heavy (non-hydrogen) atoms. The maximum atomic E-state index is 12.4. The Labute approximate surface area is 332 Å². The molecule has 0 aromatic carbocycles. The van der Waals surface area contributed by atoms with Gasteiger partial charge in [0.1, 0.15) is 0 Å². The molecule has 1 amide bonds. The Hall–Kier alpha value is -1.13. The molecule has 3 N–H and O–H groups in total. The number of nitrogens with one attached hydrogen (secondary N) is 1. The van der Waals surface area contributed by atoms with Crippen LogP contribution in [0.15, 0.2) is 24.3 Å². The Bertz CT molecular complexity index is 765. The lowest BCUT2D eigenvalue weighted by molar-refractivity contribution is -0.123. The Morgan fingerprint density at radius 1 is 0.453 bits per heavy atom. The number of rotatable bonds is 44. The molecule has 0 heterocycles. The molecule has 0 aromatic heterocycles. The van der Waals surface area contributed by atoms with Crippen molar-refractivity contribution >= 4 is 5.91 Å². The molecule has 314 valence electrons. The average Bonchev–Trinajstić information content (AvgIpc) is 3.16. The van der Waals surface area contributed by atoms with E-state index in [1.165, 1.54) is 193 Å². The Morgan fingerprint density at radius 3 is 1.19 bits per heavy atom. The van der Waals surface area contributed by atoms with Gasteiger partial charge in [-0.2, -0.15) is 0 Å². The Balaban J connectivity index is 3.44. The molecule has 4 heteroatoms. The van der Waals surface area contributed by atoms with Crippen LogP contribution in [0.5, 0.6) is 0 Å². The first-order chi connectivity index (χ1) is 26.2. The van der Waals surface area contributed by atoms with Crippen molar-refractivity contribution in [3.63, 3.8) is 0 Å². The molecule has 2 unspecified atom stereocenters. The number of aliphatic hydroxyl groups excluding tert-OH is 2. The summed E-state index contributed by atoms with van der Waals surface area (Å²) in [4.78, 5) is 12.4. The largest absolute Gasteiger partial charge is 0.394 e. The van der Waals surface area contributed by atoms with Gasteiger partial charge in [-0.1, -0.05) is 244 Å². The van der Waals surface area contributed by atoms with E-state index in [4.69, 9.17) is 0 Å². The highest BCUT2D eigenvalue weighted by molar-refractivity contribution is 5.76. The summed E-state index contributed by atoms with van der Waals surface area (Å²) in [7, 11) is 0. The fourth-order valence-electron chi connectivity index (χ4n) is 7.50. The molecule has 0 fully saturated rings. The van der Waals surface area contributed by atoms with Crippen LogP contribution < -0.4 is 5.32 Å². The molecule has 0 aliphatic heterocycles. The van der Waals surface area contributed by atoms with E-state index in [9.17, 15) is 15.0 Å². The third-order valence-corrected chi connectivity index (χ3v) is 11.2. The topological polar surface area (TPSA) is 69.6 Å². The number of aliphatic hydroxyl groups is 2. The summed E-state index contributed by atoms with van der Waals surface area (Å²) in [6.45, 7) is 4.33. The molecular weight excluding hydrogens is 651 g/mol. The van der Waals surface area contributed by atoms with Gasteiger partial charge in [-0.15, -0.1) is 0 Å². The van der Waals surface area contributed by atoms with Crippen molar-refractivity contribution in [1.29, 1.82) is 0 Å². The maximum Gasteiger partial charge on any atom is 0.220 e. The minimum absolute atomic E-state index is 0.0433. The zero-order valence-corrected chi connectivity index (χ0v) is 36.1. The molecule has 0 spiro atoms. The number of allylic oxidation sites excluding steroid dienone is 4. The number of hydrogen-bond acceptors (Lipinski definition) is 3. The summed E-state index contributed by atoms with van der Waals surface area (Å²) in [5, 5.41) is 23.2. The summed E-state index contributed by atoms with van der Waals surface area (Å²) < 4.78 is 0. The standard InChI is InChI=1S/C49H95NO3/c1-3-5-7-9-11-13-15-17-19-20-21-22-23-24-25-26-27-28-29-30-31-32-34-36-38-40-42-44-48(52)47(46-51)50-49(53)45-43-41-39-37-35-33-18-16-14-12-10-8-6-4-2/h10,12,16,18,47-48,51-52H,3-9,11,13-15,17,19-46H2,1-2H3,(H,50,53)/b12-10-,18-16-. The number of hydrogen-bond donors (Lipinski definition) is 3. The molecule has 0 aliphatic rings. The van der Waals surface area contributed by atoms with Crippen molar-refractivity contribution < 1.29 is 15.0 Å². The highest BCUT2D eigenvalue weighted by atomic mass is 16.3. The fraction of sp³-hybridized carbons (Fsp3) is 0.898. The third-order valence-electron chi connectivity index (χ3n) is 11.2. The maximum absolute atomic E-state index is 12.4. The lowest BCUT2D eigenvalue weighted by atomic mass is 10.0. The van der Waals surface area contributed by atoms with Gasteiger partial charge in [0.2, 0.25) is 5.91 Å². The predicted molar refractivity (Wildman–Crippen MR) is 235 cm³/mol. The van der Waals surface area contributed by atoms with Gasteiger partial charge in [0.05, 0.1) is 18.8 Å². The van der Waals surface area contributed by atoms with Crippen LogP contribution in [0, 0.1) is 0 Å². The van der Waals surface area contributed by atoms with Gasteiger partial charge >= 0.3 is 0 Å². The van der Waals surface area contributed by atoms with Crippen molar-refractivity contribution in [3.05, 3.63) is 24.3 Å².